The molecule has 0 aromatic rings. The first kappa shape index (κ1) is 57.7. The maximum Gasteiger partial charge on any atom is 0.303 e. The second-order valence-corrected chi connectivity index (χ2v) is 16.2. The molecule has 2 heterocycles. The fourth-order valence-electron chi connectivity index (χ4n) is 7.41. The molecule has 21 heteroatoms. The minimum Gasteiger partial charge on any atom is -0.462 e. The number of carbonyl (C=O) groups is 8. The standard InChI is InChI=1S/C45H72O21/c1-10-11-12-13-14-15-16-17-18-19-20-21-22-54-35(23-57-44-42(63-33(8)52)40(61-31(6)50)38(65-44)36(59-29(4)48)25-55-27(2)46)24-58-45-43(64-34(9)53)41(62-32(7)51)39(66-45)37(60-30(5)49)26-56-28(3)47/h35-45H,10-26H2,1-9H3/t36-,37-,38-,39-,40+,41+,42+,43+,44-,45-/m1/s1. The maximum atomic E-state index is 12.4. The third-order valence-electron chi connectivity index (χ3n) is 10.1. The van der Waals surface area contributed by atoms with E-state index in [9.17, 15) is 38.4 Å². The van der Waals surface area contributed by atoms with Crippen LogP contribution in [0.3, 0.4) is 0 Å². The van der Waals surface area contributed by atoms with Crippen molar-refractivity contribution in [1.29, 1.82) is 0 Å². The van der Waals surface area contributed by atoms with Gasteiger partial charge in [-0.15, -0.1) is 0 Å². The lowest BCUT2D eigenvalue weighted by molar-refractivity contribution is -0.226. The number of carbonyl (C=O) groups excluding carboxylic acids is 8. The van der Waals surface area contributed by atoms with Gasteiger partial charge in [0.15, 0.2) is 49.2 Å². The van der Waals surface area contributed by atoms with Crippen LogP contribution in [-0.4, -0.2) is 148 Å². The van der Waals surface area contributed by atoms with Crippen LogP contribution >= 0.6 is 0 Å². The smallest absolute Gasteiger partial charge is 0.303 e. The van der Waals surface area contributed by atoms with Crippen LogP contribution in [0, 0.1) is 0 Å². The summed E-state index contributed by atoms with van der Waals surface area (Å²) in [6.45, 7) is 9.68. The molecule has 2 aliphatic heterocycles. The van der Waals surface area contributed by atoms with E-state index in [1.807, 2.05) is 0 Å². The molecular formula is C45H72O21. The highest BCUT2D eigenvalue weighted by Gasteiger charge is 2.56. The van der Waals surface area contributed by atoms with E-state index in [1.54, 1.807) is 0 Å². The summed E-state index contributed by atoms with van der Waals surface area (Å²) in [7, 11) is 0. The van der Waals surface area contributed by atoms with E-state index in [-0.39, 0.29) is 19.8 Å². The second-order valence-electron chi connectivity index (χ2n) is 16.2. The highest BCUT2D eigenvalue weighted by Crippen LogP contribution is 2.34. The summed E-state index contributed by atoms with van der Waals surface area (Å²) >= 11 is 0. The molecule has 0 saturated carbocycles. The monoisotopic (exact) mass is 948 g/mol. The second kappa shape index (κ2) is 31.5. The average Bonchev–Trinajstić information content (AvgIpc) is 3.71. The molecule has 2 fully saturated rings. The number of hydrogen-bond donors (Lipinski definition) is 0. The molecule has 2 aliphatic rings. The Morgan fingerprint density at radius 1 is 0.409 bits per heavy atom. The van der Waals surface area contributed by atoms with E-state index < -0.39 is 128 Å². The minimum atomic E-state index is -1.48. The van der Waals surface area contributed by atoms with Gasteiger partial charge in [-0.3, -0.25) is 38.4 Å². The molecular weight excluding hydrogens is 876 g/mol. The summed E-state index contributed by atoms with van der Waals surface area (Å²) < 4.78 is 73.9. The topological polar surface area (TPSA) is 257 Å². The lowest BCUT2D eigenvalue weighted by Crippen LogP contribution is -2.47. The van der Waals surface area contributed by atoms with Crippen molar-refractivity contribution in [3.05, 3.63) is 0 Å². The van der Waals surface area contributed by atoms with Gasteiger partial charge in [-0.1, -0.05) is 77.6 Å². The van der Waals surface area contributed by atoms with Crippen LogP contribution in [0.2, 0.25) is 0 Å². The zero-order valence-corrected chi connectivity index (χ0v) is 39.9. The van der Waals surface area contributed by atoms with Crippen molar-refractivity contribution < 1.29 is 99.9 Å². The minimum absolute atomic E-state index is 0.234. The van der Waals surface area contributed by atoms with E-state index in [2.05, 4.69) is 6.92 Å². The van der Waals surface area contributed by atoms with Gasteiger partial charge in [0, 0.05) is 62.0 Å². The van der Waals surface area contributed by atoms with Gasteiger partial charge >= 0.3 is 47.8 Å². The number of esters is 8. The highest BCUT2D eigenvalue weighted by molar-refractivity contribution is 5.69. The van der Waals surface area contributed by atoms with Gasteiger partial charge in [-0.05, 0) is 6.42 Å². The zero-order chi connectivity index (χ0) is 49.2. The van der Waals surface area contributed by atoms with Crippen LogP contribution in [0.25, 0.3) is 0 Å². The van der Waals surface area contributed by atoms with Crippen molar-refractivity contribution in [1.82, 2.24) is 0 Å². The highest BCUT2D eigenvalue weighted by atomic mass is 16.8. The molecule has 0 aromatic carbocycles. The molecule has 2 saturated heterocycles. The molecule has 0 aliphatic carbocycles. The summed E-state index contributed by atoms with van der Waals surface area (Å²) in [5, 5.41) is 0. The van der Waals surface area contributed by atoms with E-state index in [4.69, 9.17) is 61.6 Å². The Labute approximate surface area is 387 Å². The number of unbranched alkanes of at least 4 members (excludes halogenated alkanes) is 11. The van der Waals surface area contributed by atoms with E-state index in [0.29, 0.717) is 6.42 Å². The Hall–Kier alpha value is -4.44. The van der Waals surface area contributed by atoms with E-state index in [0.717, 1.165) is 81.1 Å². The van der Waals surface area contributed by atoms with Crippen molar-refractivity contribution >= 4 is 47.8 Å². The lowest BCUT2D eigenvalue weighted by atomic mass is 10.1. The molecule has 0 radical (unpaired) electrons. The summed E-state index contributed by atoms with van der Waals surface area (Å²) in [6, 6.07) is 0. The predicted octanol–water partition coefficient (Wildman–Crippen LogP) is 4.27. The van der Waals surface area contributed by atoms with Crippen LogP contribution in [-0.2, 0) is 99.9 Å². The van der Waals surface area contributed by atoms with Gasteiger partial charge < -0.3 is 61.6 Å². The van der Waals surface area contributed by atoms with Crippen molar-refractivity contribution in [2.45, 2.75) is 207 Å². The van der Waals surface area contributed by atoms with Gasteiger partial charge in [0.25, 0.3) is 0 Å². The van der Waals surface area contributed by atoms with E-state index in [1.165, 1.54) is 44.9 Å². The number of ether oxygens (including phenoxy) is 13. The summed E-state index contributed by atoms with van der Waals surface area (Å²) in [4.78, 5) is 97.2. The van der Waals surface area contributed by atoms with Crippen LogP contribution in [0.5, 0.6) is 0 Å². The van der Waals surface area contributed by atoms with Gasteiger partial charge in [-0.2, -0.15) is 0 Å². The molecule has 0 amide bonds. The van der Waals surface area contributed by atoms with Crippen LogP contribution in [0.15, 0.2) is 0 Å². The quantitative estimate of drug-likeness (QED) is 0.0518. The van der Waals surface area contributed by atoms with Crippen LogP contribution < -0.4 is 0 Å². The largest absolute Gasteiger partial charge is 0.462 e. The van der Waals surface area contributed by atoms with Crippen molar-refractivity contribution in [3.8, 4) is 0 Å². The van der Waals surface area contributed by atoms with Crippen molar-refractivity contribution in [3.63, 3.8) is 0 Å². The lowest BCUT2D eigenvalue weighted by Gasteiger charge is -2.27. The Bertz CT molecular complexity index is 1440. The van der Waals surface area contributed by atoms with Gasteiger partial charge in [0.05, 0.1) is 13.2 Å². The van der Waals surface area contributed by atoms with Crippen LogP contribution in [0.4, 0.5) is 0 Å². The Balaban J connectivity index is 2.38. The maximum absolute atomic E-state index is 12.4. The van der Waals surface area contributed by atoms with E-state index >= 15 is 0 Å². The molecule has 0 N–H and O–H groups in total. The predicted molar refractivity (Wildman–Crippen MR) is 227 cm³/mol. The van der Waals surface area contributed by atoms with Gasteiger partial charge in [-0.25, -0.2) is 0 Å². The molecule has 10 atom stereocenters. The summed E-state index contributed by atoms with van der Waals surface area (Å²) in [5.41, 5.74) is 0. The molecule has 378 valence electrons. The first-order valence-electron chi connectivity index (χ1n) is 22.8. The molecule has 0 unspecified atom stereocenters. The van der Waals surface area contributed by atoms with Gasteiger partial charge in [0.1, 0.15) is 31.5 Å². The van der Waals surface area contributed by atoms with Crippen molar-refractivity contribution in [2.75, 3.05) is 33.0 Å². The third kappa shape index (κ3) is 22.8. The molecule has 0 spiro atoms. The first-order chi connectivity index (χ1) is 31.3. The number of rotatable bonds is 32. The molecule has 0 aromatic heterocycles. The SMILES string of the molecule is CCCCCCCCCCCCCCOC(CO[C@@H]1O[C@H]([C@@H](COC(C)=O)OC(C)=O)[C@H](OC(C)=O)[C@@H]1OC(C)=O)CO[C@@H]1O[C@H]([C@@H](COC(C)=O)OC(C)=O)[C@H](OC(C)=O)[C@@H]1OC(C)=O. The molecule has 2 rings (SSSR count). The fraction of sp³-hybridized carbons (Fsp3) is 0.822. The first-order valence-corrected chi connectivity index (χ1v) is 22.8. The third-order valence-corrected chi connectivity index (χ3v) is 10.1. The number of hydrogen-bond acceptors (Lipinski definition) is 21. The zero-order valence-electron chi connectivity index (χ0n) is 39.9. The summed E-state index contributed by atoms with van der Waals surface area (Å²) in [5.74, 6) is -6.16. The molecule has 21 nitrogen and oxygen atoms in total. The van der Waals surface area contributed by atoms with Crippen LogP contribution in [0.1, 0.15) is 139 Å². The summed E-state index contributed by atoms with van der Waals surface area (Å²) in [6.07, 6.45) is -1.53. The fourth-order valence-corrected chi connectivity index (χ4v) is 7.41. The normalized spacial score (nSPS) is 23.3. The Kier molecular flexibility index (Phi) is 27.5. The Morgan fingerprint density at radius 3 is 1.06 bits per heavy atom. The average molecular weight is 949 g/mol. The molecule has 0 bridgehead atoms. The Morgan fingerprint density at radius 2 is 0.742 bits per heavy atom. The van der Waals surface area contributed by atoms with Crippen molar-refractivity contribution in [2.24, 2.45) is 0 Å². The van der Waals surface area contributed by atoms with Gasteiger partial charge in [0.2, 0.25) is 0 Å². The molecule has 66 heavy (non-hydrogen) atoms.